The third-order valence-corrected chi connectivity index (χ3v) is 4.06. The monoisotopic (exact) mass is 261 g/mol. The smallest absolute Gasteiger partial charge is 0.242 e. The molecule has 104 valence electrons. The first kappa shape index (κ1) is 14.0. The molecule has 4 N–H and O–H groups in total. The Morgan fingerprint density at radius 1 is 1.42 bits per heavy atom. The molecule has 4 heteroatoms. The van der Waals surface area contributed by atoms with E-state index in [0.29, 0.717) is 6.42 Å². The van der Waals surface area contributed by atoms with E-state index in [2.05, 4.69) is 11.8 Å². The van der Waals surface area contributed by atoms with Gasteiger partial charge in [0, 0.05) is 13.1 Å². The standard InChI is InChI=1S/C15H23N3O/c1-12-7-9-18(11-12)10-8-15(17,14(16)19)13-5-3-2-4-6-13/h2-6,12H,7-11,17H2,1H3,(H2,16,19). The van der Waals surface area contributed by atoms with Gasteiger partial charge < -0.3 is 16.4 Å². The van der Waals surface area contributed by atoms with Gasteiger partial charge in [-0.25, -0.2) is 0 Å². The van der Waals surface area contributed by atoms with Crippen LogP contribution in [0.25, 0.3) is 0 Å². The summed E-state index contributed by atoms with van der Waals surface area (Å²) in [5.74, 6) is 0.281. The molecule has 0 radical (unpaired) electrons. The van der Waals surface area contributed by atoms with Crippen LogP contribution in [0.4, 0.5) is 0 Å². The minimum atomic E-state index is -1.06. The lowest BCUT2D eigenvalue weighted by atomic mass is 9.87. The molecule has 2 atom stereocenters. The SMILES string of the molecule is CC1CCN(CCC(N)(C(N)=O)c2ccccc2)C1. The van der Waals surface area contributed by atoms with Crippen LogP contribution in [0.1, 0.15) is 25.3 Å². The summed E-state index contributed by atoms with van der Waals surface area (Å²) >= 11 is 0. The highest BCUT2D eigenvalue weighted by Crippen LogP contribution is 2.24. The zero-order valence-electron chi connectivity index (χ0n) is 11.5. The molecule has 1 saturated heterocycles. The molecule has 1 aromatic rings. The normalized spacial score (nSPS) is 23.2. The van der Waals surface area contributed by atoms with Crippen LogP contribution >= 0.6 is 0 Å². The van der Waals surface area contributed by atoms with Crippen molar-refractivity contribution in [2.75, 3.05) is 19.6 Å². The first-order valence-corrected chi connectivity index (χ1v) is 6.89. The number of nitrogens with zero attached hydrogens (tertiary/aromatic N) is 1. The van der Waals surface area contributed by atoms with Crippen LogP contribution < -0.4 is 11.5 Å². The molecule has 0 bridgehead atoms. The Balaban J connectivity index is 2.06. The van der Waals surface area contributed by atoms with Gasteiger partial charge in [0.2, 0.25) is 5.91 Å². The van der Waals surface area contributed by atoms with Crippen LogP contribution in [0.5, 0.6) is 0 Å². The van der Waals surface area contributed by atoms with Crippen LogP contribution in [0.15, 0.2) is 30.3 Å². The second kappa shape index (κ2) is 5.72. The lowest BCUT2D eigenvalue weighted by Crippen LogP contribution is -2.50. The van der Waals surface area contributed by atoms with Crippen molar-refractivity contribution in [3.8, 4) is 0 Å². The summed E-state index contributed by atoms with van der Waals surface area (Å²) in [7, 11) is 0. The van der Waals surface area contributed by atoms with Crippen molar-refractivity contribution in [2.24, 2.45) is 17.4 Å². The van der Waals surface area contributed by atoms with E-state index < -0.39 is 11.4 Å². The number of nitrogens with two attached hydrogens (primary N) is 2. The molecule has 2 rings (SSSR count). The molecule has 1 fully saturated rings. The molecule has 19 heavy (non-hydrogen) atoms. The maximum atomic E-state index is 11.8. The lowest BCUT2D eigenvalue weighted by molar-refractivity contribution is -0.123. The summed E-state index contributed by atoms with van der Waals surface area (Å²) < 4.78 is 0. The minimum absolute atomic E-state index is 0.453. The predicted molar refractivity (Wildman–Crippen MR) is 76.3 cm³/mol. The van der Waals surface area contributed by atoms with Crippen LogP contribution in [-0.4, -0.2) is 30.4 Å². The molecule has 1 heterocycles. The molecule has 1 aromatic carbocycles. The van der Waals surface area contributed by atoms with E-state index in [9.17, 15) is 4.79 Å². The molecular weight excluding hydrogens is 238 g/mol. The summed E-state index contributed by atoms with van der Waals surface area (Å²) in [6.45, 7) is 5.24. The number of hydrogen-bond acceptors (Lipinski definition) is 3. The third-order valence-electron chi connectivity index (χ3n) is 4.06. The van der Waals surface area contributed by atoms with Crippen molar-refractivity contribution in [3.05, 3.63) is 35.9 Å². The topological polar surface area (TPSA) is 72.3 Å². The Kier molecular flexibility index (Phi) is 4.22. The predicted octanol–water partition coefficient (Wildman–Crippen LogP) is 1.06. The van der Waals surface area contributed by atoms with Gasteiger partial charge in [0.1, 0.15) is 5.54 Å². The highest BCUT2D eigenvalue weighted by molar-refractivity contribution is 5.85. The first-order valence-electron chi connectivity index (χ1n) is 6.89. The Hall–Kier alpha value is -1.39. The number of amides is 1. The van der Waals surface area contributed by atoms with Crippen molar-refractivity contribution >= 4 is 5.91 Å². The van der Waals surface area contributed by atoms with Crippen LogP contribution in [0.2, 0.25) is 0 Å². The van der Waals surface area contributed by atoms with Gasteiger partial charge in [-0.15, -0.1) is 0 Å². The van der Waals surface area contributed by atoms with E-state index in [-0.39, 0.29) is 0 Å². The van der Waals surface area contributed by atoms with E-state index in [0.717, 1.165) is 31.1 Å². The van der Waals surface area contributed by atoms with Gasteiger partial charge in [-0.05, 0) is 30.9 Å². The fourth-order valence-corrected chi connectivity index (χ4v) is 2.71. The van der Waals surface area contributed by atoms with Gasteiger partial charge in [0.05, 0.1) is 0 Å². The van der Waals surface area contributed by atoms with Crippen LogP contribution in [0.3, 0.4) is 0 Å². The molecule has 4 nitrogen and oxygen atoms in total. The molecule has 2 unspecified atom stereocenters. The maximum Gasteiger partial charge on any atom is 0.242 e. The second-order valence-electron chi connectivity index (χ2n) is 5.65. The van der Waals surface area contributed by atoms with Crippen LogP contribution in [0, 0.1) is 5.92 Å². The number of likely N-dealkylation sites (tertiary alicyclic amines) is 1. The zero-order valence-corrected chi connectivity index (χ0v) is 11.5. The molecule has 0 aromatic heterocycles. The maximum absolute atomic E-state index is 11.8. The first-order chi connectivity index (χ1) is 9.02. The van der Waals surface area contributed by atoms with E-state index in [4.69, 9.17) is 11.5 Å². The number of primary amides is 1. The molecular formula is C15H23N3O. The Bertz CT molecular complexity index is 434. The van der Waals surface area contributed by atoms with Gasteiger partial charge in [-0.1, -0.05) is 37.3 Å². The number of rotatable bonds is 5. The van der Waals surface area contributed by atoms with Crippen molar-refractivity contribution < 1.29 is 4.79 Å². The Morgan fingerprint density at radius 3 is 2.63 bits per heavy atom. The van der Waals surface area contributed by atoms with Crippen molar-refractivity contribution in [1.29, 1.82) is 0 Å². The summed E-state index contributed by atoms with van der Waals surface area (Å²) in [4.78, 5) is 14.1. The summed E-state index contributed by atoms with van der Waals surface area (Å²) in [5.41, 5.74) is 11.5. The fourth-order valence-electron chi connectivity index (χ4n) is 2.71. The Labute approximate surface area is 114 Å². The number of carbonyl (C=O) groups is 1. The van der Waals surface area contributed by atoms with E-state index in [1.807, 2.05) is 30.3 Å². The lowest BCUT2D eigenvalue weighted by Gasteiger charge is -2.28. The second-order valence-corrected chi connectivity index (χ2v) is 5.65. The molecule has 1 amide bonds. The number of benzene rings is 1. The van der Waals surface area contributed by atoms with Gasteiger partial charge in [0.25, 0.3) is 0 Å². The Morgan fingerprint density at radius 2 is 2.11 bits per heavy atom. The van der Waals surface area contributed by atoms with Crippen LogP contribution in [-0.2, 0) is 10.3 Å². The zero-order chi connectivity index (χ0) is 13.9. The van der Waals surface area contributed by atoms with Crippen molar-refractivity contribution in [2.45, 2.75) is 25.3 Å². The van der Waals surface area contributed by atoms with Crippen molar-refractivity contribution in [1.82, 2.24) is 4.90 Å². The number of hydrogen-bond donors (Lipinski definition) is 2. The van der Waals surface area contributed by atoms with Gasteiger partial charge >= 0.3 is 0 Å². The third kappa shape index (κ3) is 3.14. The molecule has 0 saturated carbocycles. The van der Waals surface area contributed by atoms with E-state index >= 15 is 0 Å². The molecule has 0 aliphatic carbocycles. The molecule has 0 spiro atoms. The average molecular weight is 261 g/mol. The fraction of sp³-hybridized carbons (Fsp3) is 0.533. The van der Waals surface area contributed by atoms with E-state index in [1.54, 1.807) is 0 Å². The van der Waals surface area contributed by atoms with Gasteiger partial charge in [0.15, 0.2) is 0 Å². The quantitative estimate of drug-likeness (QED) is 0.832. The number of carbonyl (C=O) groups excluding carboxylic acids is 1. The molecule has 1 aliphatic rings. The average Bonchev–Trinajstić information content (AvgIpc) is 2.82. The van der Waals surface area contributed by atoms with Gasteiger partial charge in [-0.3, -0.25) is 4.79 Å². The minimum Gasteiger partial charge on any atom is -0.368 e. The largest absolute Gasteiger partial charge is 0.368 e. The summed E-state index contributed by atoms with van der Waals surface area (Å²) in [6, 6.07) is 9.43. The summed E-state index contributed by atoms with van der Waals surface area (Å²) in [6.07, 6.45) is 1.79. The summed E-state index contributed by atoms with van der Waals surface area (Å²) in [5, 5.41) is 0. The highest BCUT2D eigenvalue weighted by atomic mass is 16.1. The highest BCUT2D eigenvalue weighted by Gasteiger charge is 2.34. The van der Waals surface area contributed by atoms with Crippen molar-refractivity contribution in [3.63, 3.8) is 0 Å². The molecule has 1 aliphatic heterocycles. The van der Waals surface area contributed by atoms with Gasteiger partial charge in [-0.2, -0.15) is 0 Å². The van der Waals surface area contributed by atoms with E-state index in [1.165, 1.54) is 6.42 Å².